The fraction of sp³-hybridized carbons (Fsp3) is 0.364. The maximum atomic E-state index is 11.4. The minimum atomic E-state index is -1.18. The summed E-state index contributed by atoms with van der Waals surface area (Å²) >= 11 is 0. The first kappa shape index (κ1) is 15.4. The number of piperidine rings is 1. The van der Waals surface area contributed by atoms with Gasteiger partial charge in [-0.25, -0.2) is 0 Å². The molecule has 122 valence electrons. The standard InChI is InChI=1S/C22H24NO/c1-23(15-7-2-8-16-23)17-9-14-22(24)20-12-5-3-10-18(20)19-11-4-6-13-21(19)22/h3-6,10-13,24H,2,7-8,15-17H2,1H3/q+1. The summed E-state index contributed by atoms with van der Waals surface area (Å²) in [4.78, 5) is 0. The van der Waals surface area contributed by atoms with Gasteiger partial charge in [0.1, 0.15) is 6.54 Å². The van der Waals surface area contributed by atoms with Gasteiger partial charge in [-0.2, -0.15) is 0 Å². The lowest BCUT2D eigenvalue weighted by molar-refractivity contribution is -0.907. The van der Waals surface area contributed by atoms with Gasteiger partial charge >= 0.3 is 0 Å². The number of rotatable bonds is 1. The molecule has 1 saturated heterocycles. The Morgan fingerprint density at radius 3 is 2.04 bits per heavy atom. The largest absolute Gasteiger partial charge is 0.369 e. The molecular formula is C22H24NO+. The van der Waals surface area contributed by atoms with Crippen LogP contribution in [-0.4, -0.2) is 36.3 Å². The van der Waals surface area contributed by atoms with Gasteiger partial charge in [0.15, 0.2) is 5.60 Å². The lowest BCUT2D eigenvalue weighted by atomic mass is 9.92. The van der Waals surface area contributed by atoms with Gasteiger partial charge in [0.05, 0.1) is 20.1 Å². The summed E-state index contributed by atoms with van der Waals surface area (Å²) < 4.78 is 1.01. The van der Waals surface area contributed by atoms with Crippen LogP contribution in [0.2, 0.25) is 0 Å². The first-order valence-corrected chi connectivity index (χ1v) is 8.88. The van der Waals surface area contributed by atoms with Gasteiger partial charge in [-0.05, 0) is 36.3 Å². The molecule has 4 rings (SSSR count). The second-order valence-corrected chi connectivity index (χ2v) is 7.39. The first-order chi connectivity index (χ1) is 11.6. The van der Waals surface area contributed by atoms with Gasteiger partial charge in [-0.3, -0.25) is 0 Å². The molecule has 0 bridgehead atoms. The lowest BCUT2D eigenvalue weighted by Gasteiger charge is -2.36. The number of aliphatic hydroxyl groups is 1. The van der Waals surface area contributed by atoms with E-state index in [4.69, 9.17) is 0 Å². The Hall–Kier alpha value is -2.08. The molecule has 0 aromatic heterocycles. The summed E-state index contributed by atoms with van der Waals surface area (Å²) in [6.45, 7) is 3.20. The predicted octanol–water partition coefficient (Wildman–Crippen LogP) is 3.54. The van der Waals surface area contributed by atoms with Gasteiger partial charge in [-0.1, -0.05) is 54.5 Å². The van der Waals surface area contributed by atoms with Crippen LogP contribution in [0, 0.1) is 11.8 Å². The molecule has 0 spiro atoms. The van der Waals surface area contributed by atoms with Crippen LogP contribution in [0.1, 0.15) is 30.4 Å². The van der Waals surface area contributed by atoms with Crippen molar-refractivity contribution in [1.82, 2.24) is 0 Å². The number of hydrogen-bond acceptors (Lipinski definition) is 1. The zero-order valence-electron chi connectivity index (χ0n) is 14.3. The average Bonchev–Trinajstić information content (AvgIpc) is 2.86. The van der Waals surface area contributed by atoms with Gasteiger partial charge in [0.25, 0.3) is 0 Å². The highest BCUT2D eigenvalue weighted by Gasteiger charge is 2.40. The number of hydrogen-bond donors (Lipinski definition) is 1. The number of benzene rings is 2. The summed E-state index contributed by atoms with van der Waals surface area (Å²) in [5, 5.41) is 11.4. The molecular weight excluding hydrogens is 294 g/mol. The normalized spacial score (nSPS) is 19.8. The fourth-order valence-corrected chi connectivity index (χ4v) is 4.14. The van der Waals surface area contributed by atoms with E-state index >= 15 is 0 Å². The van der Waals surface area contributed by atoms with Crippen LogP contribution < -0.4 is 0 Å². The summed E-state index contributed by atoms with van der Waals surface area (Å²) in [5.74, 6) is 6.56. The Morgan fingerprint density at radius 1 is 0.917 bits per heavy atom. The molecule has 1 fully saturated rings. The van der Waals surface area contributed by atoms with E-state index in [9.17, 15) is 5.11 Å². The SMILES string of the molecule is C[N+]1(CC#CC2(O)c3ccccc3-c3ccccc32)CCCCC1. The van der Waals surface area contributed by atoms with Crippen LogP contribution in [0.4, 0.5) is 0 Å². The summed E-state index contributed by atoms with van der Waals surface area (Å²) in [6.07, 6.45) is 3.91. The van der Waals surface area contributed by atoms with Crippen molar-refractivity contribution in [1.29, 1.82) is 0 Å². The monoisotopic (exact) mass is 318 g/mol. The minimum absolute atomic E-state index is 0.812. The van der Waals surface area contributed by atoms with Crippen LogP contribution in [0.5, 0.6) is 0 Å². The number of quaternary nitrogens is 1. The van der Waals surface area contributed by atoms with Gasteiger partial charge in [0.2, 0.25) is 0 Å². The van der Waals surface area contributed by atoms with Crippen LogP contribution >= 0.6 is 0 Å². The zero-order valence-corrected chi connectivity index (χ0v) is 14.3. The number of likely N-dealkylation sites (tertiary alicyclic amines) is 1. The molecule has 0 atom stereocenters. The van der Waals surface area contributed by atoms with Crippen LogP contribution in [0.25, 0.3) is 11.1 Å². The molecule has 0 unspecified atom stereocenters. The Kier molecular flexibility index (Phi) is 3.72. The molecule has 2 aromatic carbocycles. The molecule has 1 heterocycles. The van der Waals surface area contributed by atoms with Crippen LogP contribution in [0.3, 0.4) is 0 Å². The van der Waals surface area contributed by atoms with E-state index in [0.29, 0.717) is 0 Å². The first-order valence-electron chi connectivity index (χ1n) is 8.88. The molecule has 2 nitrogen and oxygen atoms in total. The van der Waals surface area contributed by atoms with E-state index in [2.05, 4.69) is 31.0 Å². The lowest BCUT2D eigenvalue weighted by Crippen LogP contribution is -2.48. The molecule has 2 aliphatic rings. The van der Waals surface area contributed by atoms with Gasteiger partial charge in [-0.15, -0.1) is 0 Å². The van der Waals surface area contributed by atoms with Crippen LogP contribution in [0.15, 0.2) is 48.5 Å². The second-order valence-electron chi connectivity index (χ2n) is 7.39. The maximum absolute atomic E-state index is 11.4. The maximum Gasteiger partial charge on any atom is 0.178 e. The summed E-state index contributed by atoms with van der Waals surface area (Å²) in [5.41, 5.74) is 2.86. The van der Waals surface area contributed by atoms with E-state index in [-0.39, 0.29) is 0 Å². The van der Waals surface area contributed by atoms with Crippen molar-refractivity contribution in [3.63, 3.8) is 0 Å². The van der Waals surface area contributed by atoms with Gasteiger partial charge in [0, 0.05) is 11.1 Å². The molecule has 2 aromatic rings. The Labute approximate surface area is 144 Å². The molecule has 24 heavy (non-hydrogen) atoms. The third-order valence-corrected chi connectivity index (χ3v) is 5.55. The van der Waals surface area contributed by atoms with Crippen molar-refractivity contribution in [3.8, 4) is 23.0 Å². The van der Waals surface area contributed by atoms with E-state index in [0.717, 1.165) is 33.3 Å². The Morgan fingerprint density at radius 2 is 1.46 bits per heavy atom. The second kappa shape index (κ2) is 5.77. The van der Waals surface area contributed by atoms with Crippen molar-refractivity contribution < 1.29 is 9.59 Å². The third kappa shape index (κ3) is 2.45. The topological polar surface area (TPSA) is 20.2 Å². The van der Waals surface area contributed by atoms with Crippen molar-refractivity contribution in [2.45, 2.75) is 24.9 Å². The third-order valence-electron chi connectivity index (χ3n) is 5.55. The Balaban J connectivity index is 1.71. The fourth-order valence-electron chi connectivity index (χ4n) is 4.14. The van der Waals surface area contributed by atoms with Crippen molar-refractivity contribution in [2.24, 2.45) is 0 Å². The molecule has 1 N–H and O–H groups in total. The average molecular weight is 318 g/mol. The highest BCUT2D eigenvalue weighted by atomic mass is 16.3. The molecule has 1 aliphatic heterocycles. The smallest absolute Gasteiger partial charge is 0.178 e. The highest BCUT2D eigenvalue weighted by molar-refractivity contribution is 5.81. The summed E-state index contributed by atoms with van der Waals surface area (Å²) in [6, 6.07) is 16.2. The molecule has 0 saturated carbocycles. The number of nitrogens with zero attached hydrogens (tertiary/aromatic N) is 1. The van der Waals surface area contributed by atoms with E-state index in [1.54, 1.807) is 0 Å². The molecule has 2 heteroatoms. The minimum Gasteiger partial charge on any atom is -0.369 e. The molecule has 1 aliphatic carbocycles. The van der Waals surface area contributed by atoms with Crippen molar-refractivity contribution in [3.05, 3.63) is 59.7 Å². The van der Waals surface area contributed by atoms with Crippen LogP contribution in [-0.2, 0) is 5.60 Å². The van der Waals surface area contributed by atoms with E-state index < -0.39 is 5.60 Å². The van der Waals surface area contributed by atoms with Crippen molar-refractivity contribution >= 4 is 0 Å². The number of fused-ring (bicyclic) bond motifs is 3. The van der Waals surface area contributed by atoms with Gasteiger partial charge < -0.3 is 9.59 Å². The predicted molar refractivity (Wildman–Crippen MR) is 97.3 cm³/mol. The van der Waals surface area contributed by atoms with Crippen molar-refractivity contribution in [2.75, 3.05) is 26.7 Å². The van der Waals surface area contributed by atoms with E-state index in [1.165, 1.54) is 32.4 Å². The quantitative estimate of drug-likeness (QED) is 0.630. The molecule has 0 radical (unpaired) electrons. The Bertz CT molecular complexity index is 776. The zero-order chi connectivity index (χ0) is 16.6. The summed E-state index contributed by atoms with van der Waals surface area (Å²) in [7, 11) is 2.29. The molecule has 0 amide bonds. The highest BCUT2D eigenvalue weighted by Crippen LogP contribution is 2.46. The van der Waals surface area contributed by atoms with E-state index in [1.807, 2.05) is 36.4 Å².